The summed E-state index contributed by atoms with van der Waals surface area (Å²) < 4.78 is 14.2. The predicted octanol–water partition coefficient (Wildman–Crippen LogP) is 5.49. The Bertz CT molecular complexity index is 839. The van der Waals surface area contributed by atoms with Crippen molar-refractivity contribution in [2.45, 2.75) is 72.6 Å². The van der Waals surface area contributed by atoms with Crippen LogP contribution in [0.25, 0.3) is 0 Å². The number of benzene rings is 1. The molecule has 6 heteroatoms. The van der Waals surface area contributed by atoms with Crippen LogP contribution in [0.2, 0.25) is 0 Å². The SMILES string of the molecule is CCNCCC(c1nn[nH]n1)c1ccc(F)cc1CCC(/C=C(/C)CC)=C(\C)CC. The van der Waals surface area contributed by atoms with E-state index in [1.807, 2.05) is 6.07 Å². The lowest BCUT2D eigenvalue weighted by Gasteiger charge is -2.19. The summed E-state index contributed by atoms with van der Waals surface area (Å²) in [7, 11) is 0. The lowest BCUT2D eigenvalue weighted by Crippen LogP contribution is -2.19. The molecule has 0 bridgehead atoms. The van der Waals surface area contributed by atoms with Crippen molar-refractivity contribution in [2.24, 2.45) is 0 Å². The normalized spacial score (nSPS) is 14.0. The monoisotopic (exact) mass is 413 g/mol. The molecule has 0 radical (unpaired) electrons. The Balaban J connectivity index is 2.35. The van der Waals surface area contributed by atoms with Crippen molar-refractivity contribution < 1.29 is 4.39 Å². The summed E-state index contributed by atoms with van der Waals surface area (Å²) in [4.78, 5) is 0. The summed E-state index contributed by atoms with van der Waals surface area (Å²) >= 11 is 0. The van der Waals surface area contributed by atoms with E-state index in [1.165, 1.54) is 22.8 Å². The molecule has 0 fully saturated rings. The van der Waals surface area contributed by atoms with Crippen LogP contribution in [0.5, 0.6) is 0 Å². The molecule has 2 aromatic rings. The Morgan fingerprint density at radius 3 is 2.63 bits per heavy atom. The number of halogens is 1. The van der Waals surface area contributed by atoms with E-state index in [0.29, 0.717) is 5.82 Å². The van der Waals surface area contributed by atoms with Crippen molar-refractivity contribution >= 4 is 0 Å². The van der Waals surface area contributed by atoms with Gasteiger partial charge in [-0.05, 0) is 87.9 Å². The molecule has 1 heterocycles. The van der Waals surface area contributed by atoms with Gasteiger partial charge in [-0.2, -0.15) is 5.21 Å². The maximum Gasteiger partial charge on any atom is 0.182 e. The lowest BCUT2D eigenvalue weighted by atomic mass is 9.87. The largest absolute Gasteiger partial charge is 0.317 e. The first-order valence-electron chi connectivity index (χ1n) is 11.1. The summed E-state index contributed by atoms with van der Waals surface area (Å²) in [5.74, 6) is 0.430. The van der Waals surface area contributed by atoms with Crippen LogP contribution in [0.1, 0.15) is 83.2 Å². The van der Waals surface area contributed by atoms with Crippen molar-refractivity contribution in [3.63, 3.8) is 0 Å². The summed E-state index contributed by atoms with van der Waals surface area (Å²) in [5, 5.41) is 18.1. The van der Waals surface area contributed by atoms with Crippen LogP contribution in [-0.2, 0) is 6.42 Å². The zero-order valence-electron chi connectivity index (χ0n) is 19.1. The molecule has 0 spiro atoms. The standard InChI is InChI=1S/C24H36FN5/c1-6-17(4)15-19(18(5)7-2)9-10-20-16-21(25)11-12-22(20)23(13-14-26-8-3)24-27-29-30-28-24/h11-12,15-16,23,26H,6-10,13-14H2,1-5H3,(H,27,28,29,30)/b17-15-,19-18-. The number of H-pyrrole nitrogens is 1. The van der Waals surface area contributed by atoms with E-state index < -0.39 is 0 Å². The highest BCUT2D eigenvalue weighted by atomic mass is 19.1. The predicted molar refractivity (Wildman–Crippen MR) is 121 cm³/mol. The molecule has 1 unspecified atom stereocenters. The minimum atomic E-state index is -0.203. The molecule has 0 aliphatic heterocycles. The molecule has 5 nitrogen and oxygen atoms in total. The number of allylic oxidation sites excluding steroid dienone is 4. The molecule has 0 aliphatic rings. The van der Waals surface area contributed by atoms with Crippen LogP contribution in [0.15, 0.2) is 41.0 Å². The summed E-state index contributed by atoms with van der Waals surface area (Å²) in [5.41, 5.74) is 6.22. The smallest absolute Gasteiger partial charge is 0.182 e. The molecule has 2 rings (SSSR count). The third-order valence-electron chi connectivity index (χ3n) is 5.73. The highest BCUT2D eigenvalue weighted by molar-refractivity contribution is 5.36. The minimum Gasteiger partial charge on any atom is -0.317 e. The van der Waals surface area contributed by atoms with Crippen LogP contribution < -0.4 is 5.32 Å². The second kappa shape index (κ2) is 12.4. The van der Waals surface area contributed by atoms with Gasteiger partial charge in [-0.1, -0.05) is 49.3 Å². The van der Waals surface area contributed by atoms with Gasteiger partial charge >= 0.3 is 0 Å². The minimum absolute atomic E-state index is 0.0222. The van der Waals surface area contributed by atoms with E-state index in [2.05, 4.69) is 66.6 Å². The second-order valence-electron chi connectivity index (χ2n) is 7.81. The van der Waals surface area contributed by atoms with Gasteiger partial charge in [0.05, 0.1) is 0 Å². The molecule has 1 atom stereocenters. The molecule has 0 aliphatic carbocycles. The van der Waals surface area contributed by atoms with Gasteiger partial charge < -0.3 is 5.32 Å². The molecular weight excluding hydrogens is 377 g/mol. The van der Waals surface area contributed by atoms with Crippen molar-refractivity contribution in [2.75, 3.05) is 13.1 Å². The molecule has 0 saturated carbocycles. The molecule has 30 heavy (non-hydrogen) atoms. The van der Waals surface area contributed by atoms with Gasteiger partial charge in [0.15, 0.2) is 5.82 Å². The van der Waals surface area contributed by atoms with E-state index >= 15 is 0 Å². The van der Waals surface area contributed by atoms with Crippen molar-refractivity contribution in [3.8, 4) is 0 Å². The third-order valence-corrected chi connectivity index (χ3v) is 5.73. The fourth-order valence-corrected chi connectivity index (χ4v) is 3.60. The van der Waals surface area contributed by atoms with Gasteiger partial charge in [0, 0.05) is 5.92 Å². The van der Waals surface area contributed by atoms with Crippen LogP contribution in [0.4, 0.5) is 4.39 Å². The van der Waals surface area contributed by atoms with Crippen LogP contribution >= 0.6 is 0 Å². The first kappa shape index (κ1) is 23.9. The number of nitrogens with one attached hydrogen (secondary N) is 2. The van der Waals surface area contributed by atoms with Crippen LogP contribution in [0, 0.1) is 5.82 Å². The maximum absolute atomic E-state index is 14.2. The highest BCUT2D eigenvalue weighted by Gasteiger charge is 2.22. The summed E-state index contributed by atoms with van der Waals surface area (Å²) in [6, 6.07) is 5.10. The van der Waals surface area contributed by atoms with E-state index in [0.717, 1.165) is 56.3 Å². The number of rotatable bonds is 12. The van der Waals surface area contributed by atoms with Crippen molar-refractivity contribution in [3.05, 3.63) is 63.8 Å². The number of aromatic amines is 1. The Kier molecular flexibility index (Phi) is 9.87. The Morgan fingerprint density at radius 1 is 1.20 bits per heavy atom. The summed E-state index contributed by atoms with van der Waals surface area (Å²) in [6.45, 7) is 12.6. The van der Waals surface area contributed by atoms with E-state index in [9.17, 15) is 4.39 Å². The first-order chi connectivity index (χ1) is 14.5. The molecular formula is C24H36FN5. The van der Waals surface area contributed by atoms with Gasteiger partial charge in [0.25, 0.3) is 0 Å². The molecule has 2 N–H and O–H groups in total. The molecule has 0 amide bonds. The Hall–Kier alpha value is -2.34. The van der Waals surface area contributed by atoms with E-state index in [1.54, 1.807) is 6.07 Å². The fourth-order valence-electron chi connectivity index (χ4n) is 3.60. The number of aryl methyl sites for hydroxylation is 1. The maximum atomic E-state index is 14.2. The average Bonchev–Trinajstić information content (AvgIpc) is 3.28. The van der Waals surface area contributed by atoms with Gasteiger partial charge in [0.2, 0.25) is 0 Å². The zero-order valence-corrected chi connectivity index (χ0v) is 19.1. The van der Waals surface area contributed by atoms with Gasteiger partial charge in [-0.25, -0.2) is 4.39 Å². The number of aromatic nitrogens is 4. The van der Waals surface area contributed by atoms with E-state index in [4.69, 9.17) is 0 Å². The first-order valence-corrected chi connectivity index (χ1v) is 11.1. The third kappa shape index (κ3) is 6.87. The molecule has 1 aromatic carbocycles. The van der Waals surface area contributed by atoms with Gasteiger partial charge in [-0.3, -0.25) is 0 Å². The second-order valence-corrected chi connectivity index (χ2v) is 7.81. The molecule has 164 valence electrons. The number of tetrazole rings is 1. The number of hydrogen-bond donors (Lipinski definition) is 2. The van der Waals surface area contributed by atoms with Crippen molar-refractivity contribution in [1.29, 1.82) is 0 Å². The average molecular weight is 414 g/mol. The van der Waals surface area contributed by atoms with Gasteiger partial charge in [-0.15, -0.1) is 10.2 Å². The van der Waals surface area contributed by atoms with Crippen LogP contribution in [-0.4, -0.2) is 33.7 Å². The number of hydrogen-bond acceptors (Lipinski definition) is 4. The van der Waals surface area contributed by atoms with Crippen LogP contribution in [0.3, 0.4) is 0 Å². The topological polar surface area (TPSA) is 66.5 Å². The fraction of sp³-hybridized carbons (Fsp3) is 0.542. The quantitative estimate of drug-likeness (QED) is 0.357. The Morgan fingerprint density at radius 2 is 2.00 bits per heavy atom. The highest BCUT2D eigenvalue weighted by Crippen LogP contribution is 2.30. The number of nitrogens with zero attached hydrogens (tertiary/aromatic N) is 3. The Labute approximate surface area is 180 Å². The lowest BCUT2D eigenvalue weighted by molar-refractivity contribution is 0.596. The molecule has 0 saturated heterocycles. The van der Waals surface area contributed by atoms with Crippen molar-refractivity contribution in [1.82, 2.24) is 25.9 Å². The molecule has 1 aromatic heterocycles. The van der Waals surface area contributed by atoms with Gasteiger partial charge in [0.1, 0.15) is 5.82 Å². The van der Waals surface area contributed by atoms with E-state index in [-0.39, 0.29) is 11.7 Å². The zero-order chi connectivity index (χ0) is 21.9. The summed E-state index contributed by atoms with van der Waals surface area (Å²) in [6.07, 6.45) is 6.86.